The number of hydrogen-bond acceptors (Lipinski definition) is 3. The maximum absolute atomic E-state index is 5.58. The number of aromatic nitrogens is 1. The quantitative estimate of drug-likeness (QED) is 0.371. The number of hydrazine groups is 1. The van der Waals surface area contributed by atoms with Crippen molar-refractivity contribution >= 4 is 5.96 Å². The minimum atomic E-state index is 0.434. The molecule has 1 fully saturated rings. The van der Waals surface area contributed by atoms with E-state index in [1.807, 2.05) is 31.4 Å². The lowest BCUT2D eigenvalue weighted by molar-refractivity contribution is 0.477. The van der Waals surface area contributed by atoms with Gasteiger partial charge in [-0.15, -0.1) is 0 Å². The predicted molar refractivity (Wildman–Crippen MR) is 77.6 cm³/mol. The molecule has 2 rings (SSSR count). The van der Waals surface area contributed by atoms with Crippen LogP contribution in [0.1, 0.15) is 31.4 Å². The van der Waals surface area contributed by atoms with Gasteiger partial charge in [0, 0.05) is 31.9 Å². The normalized spacial score (nSPS) is 16.6. The number of hydrogen-bond donors (Lipinski definition) is 2. The van der Waals surface area contributed by atoms with Crippen LogP contribution in [0.25, 0.3) is 0 Å². The minimum Gasteiger partial charge on any atom is -0.345 e. The number of aliphatic imine (C=N–C) groups is 1. The molecule has 1 saturated carbocycles. The molecule has 0 saturated heterocycles. The Morgan fingerprint density at radius 3 is 2.89 bits per heavy atom. The van der Waals surface area contributed by atoms with E-state index in [9.17, 15) is 0 Å². The summed E-state index contributed by atoms with van der Waals surface area (Å²) in [4.78, 5) is 11.1. The summed E-state index contributed by atoms with van der Waals surface area (Å²) in [6.07, 6.45) is 7.64. The van der Waals surface area contributed by atoms with Crippen LogP contribution < -0.4 is 11.3 Å². The second kappa shape index (κ2) is 7.09. The first kappa shape index (κ1) is 13.8. The van der Waals surface area contributed by atoms with Crippen LogP contribution in [0.15, 0.2) is 29.4 Å². The van der Waals surface area contributed by atoms with E-state index < -0.39 is 0 Å². The van der Waals surface area contributed by atoms with Crippen LogP contribution in [0.4, 0.5) is 0 Å². The molecule has 0 atom stereocenters. The van der Waals surface area contributed by atoms with Crippen molar-refractivity contribution < 1.29 is 0 Å². The molecule has 1 aliphatic rings. The second-order valence-corrected chi connectivity index (χ2v) is 5.03. The average Bonchev–Trinajstić information content (AvgIpc) is 2.96. The monoisotopic (exact) mass is 261 g/mol. The zero-order valence-electron chi connectivity index (χ0n) is 11.5. The summed E-state index contributed by atoms with van der Waals surface area (Å²) in [7, 11) is 2.01. The fourth-order valence-corrected chi connectivity index (χ4v) is 2.39. The van der Waals surface area contributed by atoms with Crippen molar-refractivity contribution in [2.75, 3.05) is 13.6 Å². The Hall–Kier alpha value is -1.62. The molecule has 0 aromatic carbocycles. The Labute approximate surface area is 114 Å². The van der Waals surface area contributed by atoms with Gasteiger partial charge >= 0.3 is 0 Å². The summed E-state index contributed by atoms with van der Waals surface area (Å²) >= 11 is 0. The Morgan fingerprint density at radius 2 is 2.26 bits per heavy atom. The first-order chi connectivity index (χ1) is 9.29. The van der Waals surface area contributed by atoms with Gasteiger partial charge in [-0.1, -0.05) is 18.9 Å². The smallest absolute Gasteiger partial charge is 0.208 e. The summed E-state index contributed by atoms with van der Waals surface area (Å²) in [5, 5.41) is 0. The molecule has 0 radical (unpaired) electrons. The summed E-state index contributed by atoms with van der Waals surface area (Å²) in [6.45, 7) is 0.854. The van der Waals surface area contributed by atoms with Crippen molar-refractivity contribution in [1.29, 1.82) is 0 Å². The summed E-state index contributed by atoms with van der Waals surface area (Å²) < 4.78 is 0. The largest absolute Gasteiger partial charge is 0.345 e. The fourth-order valence-electron chi connectivity index (χ4n) is 2.39. The number of nitrogens with zero attached hydrogens (tertiary/aromatic N) is 3. The molecule has 1 heterocycles. The molecular formula is C14H23N5. The van der Waals surface area contributed by atoms with Gasteiger partial charge in [-0.25, -0.2) is 10.8 Å². The molecule has 104 valence electrons. The number of guanidine groups is 1. The van der Waals surface area contributed by atoms with E-state index in [1.165, 1.54) is 25.7 Å². The third kappa shape index (κ3) is 4.21. The maximum Gasteiger partial charge on any atom is 0.208 e. The highest BCUT2D eigenvalue weighted by Gasteiger charge is 2.15. The van der Waals surface area contributed by atoms with Gasteiger partial charge in [0.25, 0.3) is 0 Å². The van der Waals surface area contributed by atoms with Crippen LogP contribution >= 0.6 is 0 Å². The zero-order chi connectivity index (χ0) is 13.5. The molecule has 5 nitrogen and oxygen atoms in total. The van der Waals surface area contributed by atoms with E-state index in [1.54, 1.807) is 0 Å². The zero-order valence-corrected chi connectivity index (χ0v) is 11.5. The molecule has 19 heavy (non-hydrogen) atoms. The third-order valence-corrected chi connectivity index (χ3v) is 3.55. The van der Waals surface area contributed by atoms with Crippen molar-refractivity contribution in [3.05, 3.63) is 30.1 Å². The summed E-state index contributed by atoms with van der Waals surface area (Å²) in [5.41, 5.74) is 3.81. The van der Waals surface area contributed by atoms with Crippen molar-refractivity contribution in [2.45, 2.75) is 38.1 Å². The lowest BCUT2D eigenvalue weighted by Gasteiger charge is -2.21. The molecule has 0 amide bonds. The van der Waals surface area contributed by atoms with Crippen LogP contribution in [-0.2, 0) is 6.42 Å². The fraction of sp³-hybridized carbons (Fsp3) is 0.571. The van der Waals surface area contributed by atoms with Crippen molar-refractivity contribution in [1.82, 2.24) is 15.3 Å². The van der Waals surface area contributed by atoms with Gasteiger partial charge in [0.05, 0.1) is 6.04 Å². The standard InChI is InChI=1S/C14H23N5/c1-19(11-9-12-6-4-5-10-16-12)14(18-15)17-13-7-2-3-8-13/h4-6,10,13H,2-3,7-9,11,15H2,1H3,(H,17,18). The van der Waals surface area contributed by atoms with Crippen LogP contribution in [0.2, 0.25) is 0 Å². The van der Waals surface area contributed by atoms with Crippen LogP contribution in [0, 0.1) is 0 Å². The lowest BCUT2D eigenvalue weighted by atomic mass is 10.2. The molecular weight excluding hydrogens is 238 g/mol. The Kier molecular flexibility index (Phi) is 5.15. The van der Waals surface area contributed by atoms with Gasteiger partial charge in [0.15, 0.2) is 0 Å². The van der Waals surface area contributed by atoms with Gasteiger partial charge in [-0.3, -0.25) is 10.4 Å². The number of rotatable bonds is 4. The highest BCUT2D eigenvalue weighted by atomic mass is 15.4. The molecule has 0 spiro atoms. The van der Waals surface area contributed by atoms with Gasteiger partial charge in [0.2, 0.25) is 5.96 Å². The number of pyridine rings is 1. The molecule has 1 aromatic rings. The molecule has 1 aromatic heterocycles. The summed E-state index contributed by atoms with van der Waals surface area (Å²) in [5.74, 6) is 6.36. The molecule has 5 heteroatoms. The maximum atomic E-state index is 5.58. The highest BCUT2D eigenvalue weighted by Crippen LogP contribution is 2.20. The summed E-state index contributed by atoms with van der Waals surface area (Å²) in [6, 6.07) is 6.42. The van der Waals surface area contributed by atoms with Crippen LogP contribution in [0.3, 0.4) is 0 Å². The molecule has 0 aliphatic heterocycles. The van der Waals surface area contributed by atoms with Crippen molar-refractivity contribution in [2.24, 2.45) is 10.8 Å². The number of nitrogens with two attached hydrogens (primary N) is 1. The Balaban J connectivity index is 1.87. The molecule has 3 N–H and O–H groups in total. The second-order valence-electron chi connectivity index (χ2n) is 5.03. The first-order valence-electron chi connectivity index (χ1n) is 6.95. The van der Waals surface area contributed by atoms with E-state index in [2.05, 4.69) is 15.3 Å². The first-order valence-corrected chi connectivity index (χ1v) is 6.95. The predicted octanol–water partition coefficient (Wildman–Crippen LogP) is 1.32. The van der Waals surface area contributed by atoms with Crippen molar-refractivity contribution in [3.8, 4) is 0 Å². The topological polar surface area (TPSA) is 66.5 Å². The van der Waals surface area contributed by atoms with Gasteiger partial charge in [0.1, 0.15) is 0 Å². The Bertz CT molecular complexity index is 398. The third-order valence-electron chi connectivity index (χ3n) is 3.55. The molecule has 1 aliphatic carbocycles. The minimum absolute atomic E-state index is 0.434. The van der Waals surface area contributed by atoms with E-state index in [4.69, 9.17) is 10.8 Å². The number of likely N-dealkylation sites (N-methyl/N-ethyl adjacent to an activating group) is 1. The van der Waals surface area contributed by atoms with Gasteiger partial charge < -0.3 is 4.90 Å². The van der Waals surface area contributed by atoms with E-state index in [0.29, 0.717) is 6.04 Å². The van der Waals surface area contributed by atoms with Crippen molar-refractivity contribution in [3.63, 3.8) is 0 Å². The van der Waals surface area contributed by atoms with Crippen LogP contribution in [0.5, 0.6) is 0 Å². The molecule has 0 bridgehead atoms. The van der Waals surface area contributed by atoms with E-state index in [0.717, 1.165) is 24.6 Å². The number of nitrogens with one attached hydrogen (secondary N) is 1. The SMILES string of the molecule is CN(CCc1ccccn1)C(=NC1CCCC1)NN. The Morgan fingerprint density at radius 1 is 1.47 bits per heavy atom. The highest BCUT2D eigenvalue weighted by molar-refractivity contribution is 5.79. The van der Waals surface area contributed by atoms with Crippen LogP contribution in [-0.4, -0.2) is 35.5 Å². The molecule has 0 unspecified atom stereocenters. The van der Waals surface area contributed by atoms with Gasteiger partial charge in [-0.2, -0.15) is 0 Å². The van der Waals surface area contributed by atoms with E-state index in [-0.39, 0.29) is 0 Å². The average molecular weight is 261 g/mol. The lowest BCUT2D eigenvalue weighted by Crippen LogP contribution is -2.44. The van der Waals surface area contributed by atoms with E-state index >= 15 is 0 Å². The van der Waals surface area contributed by atoms with Gasteiger partial charge in [-0.05, 0) is 25.0 Å².